The van der Waals surface area contributed by atoms with Gasteiger partial charge in [-0.1, -0.05) is 30.3 Å². The highest BCUT2D eigenvalue weighted by Crippen LogP contribution is 2.80. The molecule has 1 aromatic carbocycles. The number of hydrogen-bond acceptors (Lipinski definition) is 3. The van der Waals surface area contributed by atoms with Gasteiger partial charge in [0.1, 0.15) is 6.61 Å². The summed E-state index contributed by atoms with van der Waals surface area (Å²) in [4.78, 5) is 12.2. The summed E-state index contributed by atoms with van der Waals surface area (Å²) in [5, 5.41) is 0. The molecule has 2 bridgehead atoms. The largest absolute Gasteiger partial charge is 0.460 e. The molecule has 0 heterocycles. The number of esters is 1. The summed E-state index contributed by atoms with van der Waals surface area (Å²) in [6.07, 6.45) is 5.17. The molecule has 0 aliphatic heterocycles. The first kappa shape index (κ1) is 11.5. The van der Waals surface area contributed by atoms with Gasteiger partial charge in [-0.25, -0.2) is 0 Å². The second-order valence-electron chi connectivity index (χ2n) is 6.81. The third kappa shape index (κ3) is 1.45. The van der Waals surface area contributed by atoms with Crippen LogP contribution in [0.3, 0.4) is 0 Å². The fourth-order valence-corrected chi connectivity index (χ4v) is 4.07. The molecular formula is C16H19NO2. The molecule has 19 heavy (non-hydrogen) atoms. The minimum absolute atomic E-state index is 0.0116. The van der Waals surface area contributed by atoms with Gasteiger partial charge in [0.25, 0.3) is 0 Å². The van der Waals surface area contributed by atoms with E-state index in [0.717, 1.165) is 37.7 Å². The third-order valence-electron chi connectivity index (χ3n) is 5.52. The Bertz CT molecular complexity index is 513. The fourth-order valence-electron chi connectivity index (χ4n) is 4.07. The van der Waals surface area contributed by atoms with Crippen molar-refractivity contribution in [3.63, 3.8) is 0 Å². The lowest BCUT2D eigenvalue weighted by atomic mass is 9.32. The quantitative estimate of drug-likeness (QED) is 0.843. The Morgan fingerprint density at radius 3 is 2.37 bits per heavy atom. The van der Waals surface area contributed by atoms with Crippen LogP contribution in [0.4, 0.5) is 0 Å². The number of rotatable bonds is 4. The summed E-state index contributed by atoms with van der Waals surface area (Å²) in [6.45, 7) is 0.391. The van der Waals surface area contributed by atoms with E-state index in [1.165, 1.54) is 0 Å². The molecule has 4 saturated carbocycles. The Balaban J connectivity index is 1.34. The normalized spacial score (nSPS) is 36.9. The smallest absolute Gasteiger partial charge is 0.312 e. The Morgan fingerprint density at radius 1 is 1.16 bits per heavy atom. The topological polar surface area (TPSA) is 52.3 Å². The molecule has 0 saturated heterocycles. The van der Waals surface area contributed by atoms with E-state index in [2.05, 4.69) is 0 Å². The lowest BCUT2D eigenvalue weighted by Gasteiger charge is -2.71. The van der Waals surface area contributed by atoms with E-state index in [4.69, 9.17) is 10.5 Å². The van der Waals surface area contributed by atoms with Crippen molar-refractivity contribution in [3.05, 3.63) is 35.9 Å². The van der Waals surface area contributed by atoms with Gasteiger partial charge < -0.3 is 10.5 Å². The van der Waals surface area contributed by atoms with Crippen molar-refractivity contribution in [1.82, 2.24) is 0 Å². The highest BCUT2D eigenvalue weighted by atomic mass is 16.5. The molecule has 100 valence electrons. The molecule has 0 atom stereocenters. The molecule has 1 aromatic rings. The maximum Gasteiger partial charge on any atom is 0.312 e. The van der Waals surface area contributed by atoms with Crippen molar-refractivity contribution in [2.24, 2.45) is 16.6 Å². The number of benzene rings is 1. The first-order valence-corrected chi connectivity index (χ1v) is 7.08. The average molecular weight is 257 g/mol. The zero-order valence-electron chi connectivity index (χ0n) is 11.0. The predicted octanol–water partition coefficient (Wildman–Crippen LogP) is 2.39. The van der Waals surface area contributed by atoms with E-state index >= 15 is 0 Å². The van der Waals surface area contributed by atoms with Gasteiger partial charge in [-0.3, -0.25) is 4.79 Å². The fraction of sp³-hybridized carbons (Fsp3) is 0.562. The summed E-state index contributed by atoms with van der Waals surface area (Å²) in [7, 11) is 0. The van der Waals surface area contributed by atoms with Crippen molar-refractivity contribution in [3.8, 4) is 0 Å². The number of ether oxygens (including phenoxy) is 1. The Morgan fingerprint density at radius 2 is 1.79 bits per heavy atom. The standard InChI is InChI=1S/C16H19NO2/c17-16(6-7-16)15-9-14(10-15,11-15)13(18)19-8-12-4-2-1-3-5-12/h1-5H,6-11,17H2. The molecular weight excluding hydrogens is 238 g/mol. The second-order valence-corrected chi connectivity index (χ2v) is 6.81. The average Bonchev–Trinajstić information content (AvgIpc) is 3.03. The number of carbonyl (C=O) groups is 1. The molecule has 3 nitrogen and oxygen atoms in total. The highest BCUT2D eigenvalue weighted by Gasteiger charge is 2.80. The number of nitrogens with two attached hydrogens (primary N) is 1. The first-order valence-electron chi connectivity index (χ1n) is 7.08. The van der Waals surface area contributed by atoms with E-state index in [1.807, 2.05) is 30.3 Å². The van der Waals surface area contributed by atoms with Gasteiger partial charge in [0.2, 0.25) is 0 Å². The van der Waals surface area contributed by atoms with Gasteiger partial charge in [0.15, 0.2) is 0 Å². The van der Waals surface area contributed by atoms with Crippen molar-refractivity contribution in [1.29, 1.82) is 0 Å². The van der Waals surface area contributed by atoms with Gasteiger partial charge >= 0.3 is 5.97 Å². The van der Waals surface area contributed by atoms with Crippen LogP contribution in [0.25, 0.3) is 0 Å². The molecule has 4 aliphatic carbocycles. The molecule has 0 spiro atoms. The van der Waals surface area contributed by atoms with E-state index in [9.17, 15) is 4.79 Å². The summed E-state index contributed by atoms with van der Waals surface area (Å²) in [6, 6.07) is 9.85. The third-order valence-corrected chi connectivity index (χ3v) is 5.52. The van der Waals surface area contributed by atoms with Crippen LogP contribution in [0.1, 0.15) is 37.7 Å². The second kappa shape index (κ2) is 3.40. The van der Waals surface area contributed by atoms with Gasteiger partial charge in [-0.05, 0) is 43.1 Å². The summed E-state index contributed by atoms with van der Waals surface area (Å²) in [5.41, 5.74) is 7.52. The molecule has 0 unspecified atom stereocenters. The van der Waals surface area contributed by atoms with Gasteiger partial charge in [-0.15, -0.1) is 0 Å². The van der Waals surface area contributed by atoms with Crippen LogP contribution in [0.2, 0.25) is 0 Å². The van der Waals surface area contributed by atoms with Crippen molar-refractivity contribution in [2.75, 3.05) is 0 Å². The lowest BCUT2D eigenvalue weighted by Crippen LogP contribution is -2.72. The predicted molar refractivity (Wildman–Crippen MR) is 71.1 cm³/mol. The van der Waals surface area contributed by atoms with Crippen LogP contribution in [0.15, 0.2) is 30.3 Å². The molecule has 0 aromatic heterocycles. The summed E-state index contributed by atoms with van der Waals surface area (Å²) < 4.78 is 5.47. The zero-order chi connectivity index (χ0) is 13.1. The van der Waals surface area contributed by atoms with Crippen LogP contribution in [0.5, 0.6) is 0 Å². The van der Waals surface area contributed by atoms with Crippen LogP contribution in [0, 0.1) is 10.8 Å². The first-order chi connectivity index (χ1) is 9.08. The van der Waals surface area contributed by atoms with Gasteiger partial charge in [0.05, 0.1) is 5.41 Å². The molecule has 2 N–H and O–H groups in total. The van der Waals surface area contributed by atoms with Crippen LogP contribution >= 0.6 is 0 Å². The van der Waals surface area contributed by atoms with Gasteiger partial charge in [-0.2, -0.15) is 0 Å². The molecule has 0 amide bonds. The molecule has 4 aliphatic rings. The summed E-state index contributed by atoms with van der Waals surface area (Å²) >= 11 is 0. The van der Waals surface area contributed by atoms with Crippen LogP contribution in [-0.4, -0.2) is 11.5 Å². The number of hydrogen-bond donors (Lipinski definition) is 1. The van der Waals surface area contributed by atoms with E-state index in [1.54, 1.807) is 0 Å². The van der Waals surface area contributed by atoms with E-state index in [-0.39, 0.29) is 16.9 Å². The molecule has 3 heteroatoms. The summed E-state index contributed by atoms with van der Waals surface area (Å²) in [5.74, 6) is -0.0116. The van der Waals surface area contributed by atoms with Crippen molar-refractivity contribution < 1.29 is 9.53 Å². The number of carbonyl (C=O) groups excluding carboxylic acids is 1. The lowest BCUT2D eigenvalue weighted by molar-refractivity contribution is -0.239. The molecule has 4 fully saturated rings. The monoisotopic (exact) mass is 257 g/mol. The van der Waals surface area contributed by atoms with Crippen LogP contribution < -0.4 is 5.73 Å². The van der Waals surface area contributed by atoms with Crippen molar-refractivity contribution >= 4 is 5.97 Å². The van der Waals surface area contributed by atoms with E-state index in [0.29, 0.717) is 12.0 Å². The minimum Gasteiger partial charge on any atom is -0.460 e. The molecule has 5 rings (SSSR count). The van der Waals surface area contributed by atoms with Crippen LogP contribution in [-0.2, 0) is 16.1 Å². The highest BCUT2D eigenvalue weighted by molar-refractivity contribution is 5.81. The Kier molecular flexibility index (Phi) is 2.05. The maximum atomic E-state index is 12.2. The van der Waals surface area contributed by atoms with Gasteiger partial charge in [0, 0.05) is 5.54 Å². The SMILES string of the molecule is NC1(C23CC(C(=O)OCc4ccccc4)(C2)C3)CC1. The minimum atomic E-state index is -0.177. The zero-order valence-corrected chi connectivity index (χ0v) is 11.0. The van der Waals surface area contributed by atoms with E-state index < -0.39 is 0 Å². The Labute approximate surface area is 113 Å². The Hall–Kier alpha value is -1.35. The van der Waals surface area contributed by atoms with Crippen molar-refractivity contribution in [2.45, 2.75) is 44.2 Å². The molecule has 0 radical (unpaired) electrons. The maximum absolute atomic E-state index is 12.2.